The maximum absolute atomic E-state index is 13.0. The Bertz CT molecular complexity index is 548. The van der Waals surface area contributed by atoms with Crippen LogP contribution in [0.5, 0.6) is 0 Å². The third-order valence-electron chi connectivity index (χ3n) is 7.32. The van der Waals surface area contributed by atoms with Gasteiger partial charge in [0.15, 0.2) is 0 Å². The molecule has 0 aromatic heterocycles. The van der Waals surface area contributed by atoms with Gasteiger partial charge in [0.1, 0.15) is 5.82 Å². The van der Waals surface area contributed by atoms with Crippen LogP contribution in [0.1, 0.15) is 37.7 Å². The zero-order chi connectivity index (χ0) is 16.1. The van der Waals surface area contributed by atoms with E-state index in [4.69, 9.17) is 0 Å². The van der Waals surface area contributed by atoms with Crippen molar-refractivity contribution in [3.8, 4) is 0 Å². The van der Waals surface area contributed by atoms with Crippen molar-refractivity contribution in [3.05, 3.63) is 35.6 Å². The first-order valence-electron chi connectivity index (χ1n) is 9.95. The smallest absolute Gasteiger partial charge is 0.123 e. The molecule has 6 rings (SSSR count). The molecule has 0 unspecified atom stereocenters. The Labute approximate surface area is 145 Å². The van der Waals surface area contributed by atoms with Crippen LogP contribution in [0.15, 0.2) is 24.3 Å². The maximum Gasteiger partial charge on any atom is 0.123 e. The van der Waals surface area contributed by atoms with E-state index < -0.39 is 0 Å². The summed E-state index contributed by atoms with van der Waals surface area (Å²) in [6.45, 7) is 5.76. The monoisotopic (exact) mass is 328 g/mol. The van der Waals surface area contributed by atoms with E-state index in [1.807, 2.05) is 12.1 Å². The Hall–Kier alpha value is -0.930. The predicted octanol–water partition coefficient (Wildman–Crippen LogP) is 3.77. The van der Waals surface area contributed by atoms with Crippen LogP contribution >= 0.6 is 0 Å². The number of benzene rings is 1. The highest BCUT2D eigenvalue weighted by Crippen LogP contribution is 2.55. The van der Waals surface area contributed by atoms with Crippen LogP contribution < -0.4 is 0 Å². The maximum atomic E-state index is 13.0. The first-order valence-corrected chi connectivity index (χ1v) is 9.95. The third-order valence-corrected chi connectivity index (χ3v) is 7.32. The highest BCUT2D eigenvalue weighted by atomic mass is 19.1. The summed E-state index contributed by atoms with van der Waals surface area (Å²) in [6.07, 6.45) is 7.63. The second-order valence-corrected chi connectivity index (χ2v) is 8.86. The average molecular weight is 328 g/mol. The van der Waals surface area contributed by atoms with Crippen molar-refractivity contribution in [2.75, 3.05) is 26.2 Å². The average Bonchev–Trinajstić information content (AvgIpc) is 2.57. The molecule has 0 amide bonds. The Kier molecular flexibility index (Phi) is 3.90. The molecule has 4 aliphatic carbocycles. The summed E-state index contributed by atoms with van der Waals surface area (Å²) < 4.78 is 13.0. The topological polar surface area (TPSA) is 6.48 Å². The van der Waals surface area contributed by atoms with Gasteiger partial charge >= 0.3 is 0 Å². The van der Waals surface area contributed by atoms with Crippen molar-refractivity contribution >= 4 is 0 Å². The lowest BCUT2D eigenvalue weighted by atomic mass is 9.54. The first-order chi connectivity index (χ1) is 11.7. The summed E-state index contributed by atoms with van der Waals surface area (Å²) >= 11 is 0. The van der Waals surface area contributed by atoms with Crippen LogP contribution in [0.4, 0.5) is 4.39 Å². The van der Waals surface area contributed by atoms with Crippen molar-refractivity contribution in [2.45, 2.75) is 44.7 Å². The van der Waals surface area contributed by atoms with E-state index in [1.165, 1.54) is 57.4 Å². The highest BCUT2D eigenvalue weighted by molar-refractivity contribution is 5.16. The van der Waals surface area contributed by atoms with Crippen molar-refractivity contribution in [1.29, 1.82) is 0 Å². The van der Waals surface area contributed by atoms with Gasteiger partial charge in [-0.05, 0) is 73.5 Å². The Morgan fingerprint density at radius 2 is 1.38 bits per heavy atom. The summed E-state index contributed by atoms with van der Waals surface area (Å²) in [4.78, 5) is 5.38. The van der Waals surface area contributed by atoms with Gasteiger partial charge in [0.25, 0.3) is 0 Å². The molecule has 1 saturated heterocycles. The van der Waals surface area contributed by atoms with E-state index in [1.54, 1.807) is 18.6 Å². The first kappa shape index (κ1) is 15.3. The molecule has 3 heteroatoms. The van der Waals surface area contributed by atoms with Crippen LogP contribution in [-0.4, -0.2) is 42.0 Å². The third kappa shape index (κ3) is 2.80. The highest BCUT2D eigenvalue weighted by Gasteiger charge is 2.50. The molecular weight excluding hydrogens is 299 g/mol. The minimum atomic E-state index is -0.134. The fraction of sp³-hybridized carbons (Fsp3) is 0.714. The molecule has 0 atom stereocenters. The molecule has 0 radical (unpaired) electrons. The van der Waals surface area contributed by atoms with Gasteiger partial charge in [0, 0.05) is 38.8 Å². The minimum absolute atomic E-state index is 0.134. The van der Waals surface area contributed by atoms with Crippen LogP contribution in [0.3, 0.4) is 0 Å². The molecule has 1 aliphatic heterocycles. The lowest BCUT2D eigenvalue weighted by Gasteiger charge is -2.58. The zero-order valence-corrected chi connectivity index (χ0v) is 14.5. The molecule has 5 fully saturated rings. The molecular formula is C21H29FN2. The van der Waals surface area contributed by atoms with Crippen molar-refractivity contribution < 1.29 is 4.39 Å². The number of nitrogens with zero attached hydrogens (tertiary/aromatic N) is 2. The number of piperazine rings is 1. The van der Waals surface area contributed by atoms with Crippen LogP contribution in [0, 0.1) is 29.5 Å². The van der Waals surface area contributed by atoms with Gasteiger partial charge in [-0.25, -0.2) is 4.39 Å². The Morgan fingerprint density at radius 3 is 1.96 bits per heavy atom. The van der Waals surface area contributed by atoms with Gasteiger partial charge < -0.3 is 0 Å². The van der Waals surface area contributed by atoms with Gasteiger partial charge in [0.05, 0.1) is 0 Å². The summed E-state index contributed by atoms with van der Waals surface area (Å²) in [5, 5.41) is 0. The lowest BCUT2D eigenvalue weighted by molar-refractivity contribution is -0.0769. The summed E-state index contributed by atoms with van der Waals surface area (Å²) in [6, 6.07) is 7.92. The predicted molar refractivity (Wildman–Crippen MR) is 94.1 cm³/mol. The summed E-state index contributed by atoms with van der Waals surface area (Å²) in [5.74, 6) is 4.02. The molecule has 0 N–H and O–H groups in total. The molecule has 1 aromatic rings. The lowest BCUT2D eigenvalue weighted by Crippen LogP contribution is -2.60. The second-order valence-electron chi connectivity index (χ2n) is 8.86. The van der Waals surface area contributed by atoms with Crippen molar-refractivity contribution in [1.82, 2.24) is 9.80 Å². The van der Waals surface area contributed by atoms with Crippen molar-refractivity contribution in [3.63, 3.8) is 0 Å². The molecule has 0 spiro atoms. The number of rotatable bonds is 3. The quantitative estimate of drug-likeness (QED) is 0.833. The van der Waals surface area contributed by atoms with Crippen molar-refractivity contribution in [2.24, 2.45) is 23.7 Å². The number of hydrogen-bond donors (Lipinski definition) is 0. The van der Waals surface area contributed by atoms with Gasteiger partial charge in [0.2, 0.25) is 0 Å². The Balaban J connectivity index is 1.19. The van der Waals surface area contributed by atoms with Gasteiger partial charge in [-0.15, -0.1) is 0 Å². The minimum Gasteiger partial charge on any atom is -0.297 e. The van der Waals surface area contributed by atoms with E-state index in [9.17, 15) is 4.39 Å². The number of hydrogen-bond acceptors (Lipinski definition) is 2. The largest absolute Gasteiger partial charge is 0.297 e. The van der Waals surface area contributed by atoms with Gasteiger partial charge in [-0.1, -0.05) is 12.1 Å². The molecule has 1 heterocycles. The molecule has 5 aliphatic rings. The molecule has 130 valence electrons. The SMILES string of the molecule is Fc1ccc(CN2CCN(C3C4CC5CC(C4)CC3C5)CC2)cc1. The normalized spacial score (nSPS) is 39.5. The van der Waals surface area contributed by atoms with E-state index in [2.05, 4.69) is 9.80 Å². The Morgan fingerprint density at radius 1 is 0.792 bits per heavy atom. The van der Waals surface area contributed by atoms with Gasteiger partial charge in [-0.3, -0.25) is 9.80 Å². The van der Waals surface area contributed by atoms with Crippen LogP contribution in [0.25, 0.3) is 0 Å². The van der Waals surface area contributed by atoms with Crippen LogP contribution in [0.2, 0.25) is 0 Å². The fourth-order valence-electron chi connectivity index (χ4n) is 6.56. The van der Waals surface area contributed by atoms with Gasteiger partial charge in [-0.2, -0.15) is 0 Å². The number of halogens is 1. The molecule has 4 saturated carbocycles. The molecule has 1 aromatic carbocycles. The fourth-order valence-corrected chi connectivity index (χ4v) is 6.56. The van der Waals surface area contributed by atoms with E-state index in [0.29, 0.717) is 0 Å². The van der Waals surface area contributed by atoms with E-state index in [0.717, 1.165) is 36.3 Å². The molecule has 24 heavy (non-hydrogen) atoms. The molecule has 2 nitrogen and oxygen atoms in total. The molecule has 4 bridgehead atoms. The zero-order valence-electron chi connectivity index (χ0n) is 14.5. The summed E-state index contributed by atoms with van der Waals surface area (Å²) in [7, 11) is 0. The standard InChI is InChI=1S/C21H29FN2/c22-20-3-1-15(2-4-20)14-23-5-7-24(8-6-23)21-18-10-16-9-17(12-18)13-19(21)11-16/h1-4,16-19,21H,5-14H2. The second kappa shape index (κ2) is 6.10. The van der Waals surface area contributed by atoms with E-state index in [-0.39, 0.29) is 5.82 Å². The van der Waals surface area contributed by atoms with E-state index >= 15 is 0 Å². The summed E-state index contributed by atoms with van der Waals surface area (Å²) in [5.41, 5.74) is 1.24. The van der Waals surface area contributed by atoms with Crippen LogP contribution in [-0.2, 0) is 6.54 Å².